The molecule has 164 valence electrons. The van der Waals surface area contributed by atoms with E-state index in [4.69, 9.17) is 16.3 Å². The number of aryl methyl sites for hydroxylation is 1. The van der Waals surface area contributed by atoms with Crippen molar-refractivity contribution in [2.75, 3.05) is 7.11 Å². The molecule has 0 bridgehead atoms. The van der Waals surface area contributed by atoms with Crippen LogP contribution in [-0.2, 0) is 10.5 Å². The van der Waals surface area contributed by atoms with Gasteiger partial charge in [0.1, 0.15) is 5.75 Å². The van der Waals surface area contributed by atoms with E-state index >= 15 is 0 Å². The number of nitrogens with zero attached hydrogens (tertiary/aromatic N) is 3. The van der Waals surface area contributed by atoms with E-state index in [-0.39, 0.29) is 11.9 Å². The van der Waals surface area contributed by atoms with Crippen molar-refractivity contribution >= 4 is 29.3 Å². The summed E-state index contributed by atoms with van der Waals surface area (Å²) in [5.74, 6) is 2.19. The number of benzene rings is 2. The van der Waals surface area contributed by atoms with Gasteiger partial charge in [-0.05, 0) is 55.7 Å². The molecule has 31 heavy (non-hydrogen) atoms. The highest BCUT2D eigenvalue weighted by atomic mass is 35.5. The van der Waals surface area contributed by atoms with Crippen LogP contribution in [0.1, 0.15) is 49.7 Å². The Morgan fingerprint density at radius 3 is 2.81 bits per heavy atom. The first-order valence-electron chi connectivity index (χ1n) is 10.2. The normalized spacial score (nSPS) is 11.9. The van der Waals surface area contributed by atoms with Crippen molar-refractivity contribution in [1.29, 1.82) is 0 Å². The minimum absolute atomic E-state index is 0.00190. The minimum atomic E-state index is -0.295. The van der Waals surface area contributed by atoms with Crippen LogP contribution in [0.5, 0.6) is 5.75 Å². The van der Waals surface area contributed by atoms with Crippen molar-refractivity contribution in [2.24, 2.45) is 0 Å². The van der Waals surface area contributed by atoms with E-state index in [1.54, 1.807) is 18.9 Å². The standard InChI is InChI=1S/C23H27ClN4O2S/c1-5-7-21(29)25-16(3)22-26-27-23(28(22)20-13-18(24)11-10-15(20)2)31-14-17-8-6-9-19(12-17)30-4/h6,8-13,16H,5,7,14H2,1-4H3,(H,25,29). The molecular weight excluding hydrogens is 432 g/mol. The first-order chi connectivity index (χ1) is 14.9. The van der Waals surface area contributed by atoms with Crippen LogP contribution in [0, 0.1) is 6.92 Å². The van der Waals surface area contributed by atoms with E-state index in [9.17, 15) is 4.79 Å². The van der Waals surface area contributed by atoms with Crippen LogP contribution < -0.4 is 10.1 Å². The number of aromatic nitrogens is 3. The highest BCUT2D eigenvalue weighted by Crippen LogP contribution is 2.31. The summed E-state index contributed by atoms with van der Waals surface area (Å²) >= 11 is 7.88. The van der Waals surface area contributed by atoms with Gasteiger partial charge in [-0.15, -0.1) is 10.2 Å². The predicted octanol–water partition coefficient (Wildman–Crippen LogP) is 5.51. The Bertz CT molecular complexity index is 1050. The Labute approximate surface area is 192 Å². The van der Waals surface area contributed by atoms with Gasteiger partial charge >= 0.3 is 0 Å². The van der Waals surface area contributed by atoms with Crippen LogP contribution in [0.2, 0.25) is 5.02 Å². The van der Waals surface area contributed by atoms with Crippen molar-refractivity contribution in [3.63, 3.8) is 0 Å². The lowest BCUT2D eigenvalue weighted by atomic mass is 10.2. The molecule has 0 aliphatic rings. The summed E-state index contributed by atoms with van der Waals surface area (Å²) in [6, 6.07) is 13.4. The molecule has 1 aromatic heterocycles. The minimum Gasteiger partial charge on any atom is -0.497 e. The largest absolute Gasteiger partial charge is 0.497 e. The number of amides is 1. The molecule has 1 atom stereocenters. The van der Waals surface area contributed by atoms with Gasteiger partial charge in [0.2, 0.25) is 5.91 Å². The Balaban J connectivity index is 1.96. The first kappa shape index (κ1) is 23.2. The lowest BCUT2D eigenvalue weighted by Crippen LogP contribution is -2.28. The van der Waals surface area contributed by atoms with E-state index < -0.39 is 0 Å². The molecule has 8 heteroatoms. The first-order valence-corrected chi connectivity index (χ1v) is 11.6. The molecule has 3 aromatic rings. The van der Waals surface area contributed by atoms with Gasteiger partial charge in [-0.2, -0.15) is 0 Å². The van der Waals surface area contributed by atoms with Crippen molar-refractivity contribution < 1.29 is 9.53 Å². The van der Waals surface area contributed by atoms with E-state index in [0.717, 1.165) is 34.1 Å². The number of ether oxygens (including phenoxy) is 1. The molecular formula is C23H27ClN4O2S. The molecule has 0 aliphatic heterocycles. The fraction of sp³-hybridized carbons (Fsp3) is 0.348. The van der Waals surface area contributed by atoms with Crippen LogP contribution in [-0.4, -0.2) is 27.8 Å². The third-order valence-corrected chi connectivity index (χ3v) is 6.05. The number of rotatable bonds is 9. The topological polar surface area (TPSA) is 69.0 Å². The van der Waals surface area contributed by atoms with Crippen molar-refractivity contribution in [2.45, 2.75) is 50.6 Å². The molecule has 0 saturated carbocycles. The molecule has 0 radical (unpaired) electrons. The number of hydrogen-bond donors (Lipinski definition) is 1. The Hall–Kier alpha value is -2.51. The van der Waals surface area contributed by atoms with Gasteiger partial charge in [-0.25, -0.2) is 0 Å². The number of nitrogens with one attached hydrogen (secondary N) is 1. The maximum Gasteiger partial charge on any atom is 0.220 e. The van der Waals surface area contributed by atoms with Crippen molar-refractivity contribution in [1.82, 2.24) is 20.1 Å². The fourth-order valence-electron chi connectivity index (χ4n) is 3.22. The summed E-state index contributed by atoms with van der Waals surface area (Å²) in [4.78, 5) is 12.2. The Morgan fingerprint density at radius 1 is 1.26 bits per heavy atom. The summed E-state index contributed by atoms with van der Waals surface area (Å²) in [7, 11) is 1.66. The Kier molecular flexibility index (Phi) is 7.98. The molecule has 1 unspecified atom stereocenters. The van der Waals surface area contributed by atoms with Crippen LogP contribution in [0.4, 0.5) is 0 Å². The summed E-state index contributed by atoms with van der Waals surface area (Å²) in [6.45, 7) is 5.92. The predicted molar refractivity (Wildman–Crippen MR) is 125 cm³/mol. The van der Waals surface area contributed by atoms with E-state index in [1.807, 2.05) is 61.7 Å². The van der Waals surface area contributed by atoms with E-state index in [2.05, 4.69) is 21.6 Å². The lowest BCUT2D eigenvalue weighted by Gasteiger charge is -2.18. The average Bonchev–Trinajstić information content (AvgIpc) is 3.18. The van der Waals surface area contributed by atoms with Crippen molar-refractivity contribution in [3.8, 4) is 11.4 Å². The van der Waals surface area contributed by atoms with Gasteiger partial charge in [0, 0.05) is 17.2 Å². The molecule has 1 N–H and O–H groups in total. The van der Waals surface area contributed by atoms with Crippen LogP contribution in [0.3, 0.4) is 0 Å². The molecule has 3 rings (SSSR count). The number of halogens is 1. The third-order valence-electron chi connectivity index (χ3n) is 4.81. The van der Waals surface area contributed by atoms with Crippen LogP contribution in [0.25, 0.3) is 5.69 Å². The zero-order chi connectivity index (χ0) is 22.4. The van der Waals surface area contributed by atoms with Gasteiger partial charge < -0.3 is 10.1 Å². The second-order valence-corrected chi connectivity index (χ2v) is 8.67. The van der Waals surface area contributed by atoms with Gasteiger partial charge in [0.05, 0.1) is 18.8 Å². The zero-order valence-corrected chi connectivity index (χ0v) is 19.8. The average molecular weight is 459 g/mol. The fourth-order valence-corrected chi connectivity index (χ4v) is 4.28. The second kappa shape index (κ2) is 10.7. The molecule has 0 aliphatic carbocycles. The van der Waals surface area contributed by atoms with Crippen LogP contribution >= 0.6 is 23.4 Å². The zero-order valence-electron chi connectivity index (χ0n) is 18.2. The summed E-state index contributed by atoms with van der Waals surface area (Å²) in [6.07, 6.45) is 1.27. The maximum absolute atomic E-state index is 12.2. The van der Waals surface area contributed by atoms with E-state index in [1.165, 1.54) is 0 Å². The number of carbonyl (C=O) groups is 1. The molecule has 1 heterocycles. The summed E-state index contributed by atoms with van der Waals surface area (Å²) in [5.41, 5.74) is 3.06. The number of methoxy groups -OCH3 is 1. The van der Waals surface area contributed by atoms with E-state index in [0.29, 0.717) is 23.0 Å². The number of hydrogen-bond acceptors (Lipinski definition) is 5. The van der Waals surface area contributed by atoms with Gasteiger partial charge in [-0.3, -0.25) is 9.36 Å². The molecule has 0 saturated heterocycles. The van der Waals surface area contributed by atoms with Gasteiger partial charge in [-0.1, -0.05) is 48.5 Å². The highest BCUT2D eigenvalue weighted by Gasteiger charge is 2.22. The molecule has 0 fully saturated rings. The Morgan fingerprint density at radius 2 is 2.06 bits per heavy atom. The monoisotopic (exact) mass is 458 g/mol. The smallest absolute Gasteiger partial charge is 0.220 e. The van der Waals surface area contributed by atoms with Crippen LogP contribution in [0.15, 0.2) is 47.6 Å². The van der Waals surface area contributed by atoms with Gasteiger partial charge in [0.25, 0.3) is 0 Å². The summed E-state index contributed by atoms with van der Waals surface area (Å²) in [5, 5.41) is 13.3. The highest BCUT2D eigenvalue weighted by molar-refractivity contribution is 7.98. The molecule has 6 nitrogen and oxygen atoms in total. The third kappa shape index (κ3) is 5.80. The second-order valence-electron chi connectivity index (χ2n) is 7.29. The van der Waals surface area contributed by atoms with Gasteiger partial charge in [0.15, 0.2) is 11.0 Å². The van der Waals surface area contributed by atoms with Crippen molar-refractivity contribution in [3.05, 3.63) is 64.4 Å². The summed E-state index contributed by atoms with van der Waals surface area (Å²) < 4.78 is 7.31. The quantitative estimate of drug-likeness (QED) is 0.428. The number of thioether (sulfide) groups is 1. The SMILES string of the molecule is CCCC(=O)NC(C)c1nnc(SCc2cccc(OC)c2)n1-c1cc(Cl)ccc1C. The maximum atomic E-state index is 12.2. The molecule has 1 amide bonds. The lowest BCUT2D eigenvalue weighted by molar-refractivity contribution is -0.121. The molecule has 2 aromatic carbocycles. The number of carbonyl (C=O) groups excluding carboxylic acids is 1. The molecule has 0 spiro atoms.